The molecule has 32 heavy (non-hydrogen) atoms. The second kappa shape index (κ2) is 11.6. The molecule has 3 aromatic rings. The number of hydrogen-bond donors (Lipinski definition) is 0. The molecular formula is C27H24BIrN3-2. The van der Waals surface area contributed by atoms with Gasteiger partial charge in [-0.15, -0.1) is 48.1 Å². The van der Waals surface area contributed by atoms with E-state index in [9.17, 15) is 0 Å². The molecule has 0 aliphatic carbocycles. The molecule has 1 radical (unpaired) electrons. The van der Waals surface area contributed by atoms with Gasteiger partial charge in [-0.2, -0.15) is 12.2 Å². The molecule has 2 aliphatic rings. The zero-order valence-electron chi connectivity index (χ0n) is 18.2. The van der Waals surface area contributed by atoms with Crippen molar-refractivity contribution in [2.24, 2.45) is 4.99 Å². The predicted octanol–water partition coefficient (Wildman–Crippen LogP) is 5.02. The summed E-state index contributed by atoms with van der Waals surface area (Å²) in [6.45, 7) is 4.46. The second-order valence-electron chi connectivity index (χ2n) is 7.43. The molecule has 0 fully saturated rings. The molecule has 0 saturated carbocycles. The van der Waals surface area contributed by atoms with E-state index in [0.717, 1.165) is 23.5 Å². The van der Waals surface area contributed by atoms with Crippen LogP contribution in [0.3, 0.4) is 0 Å². The maximum absolute atomic E-state index is 4.45. The smallest absolute Gasteiger partial charge is 0.285 e. The van der Waals surface area contributed by atoms with Gasteiger partial charge in [0.1, 0.15) is 0 Å². The number of nitrogens with zero attached hydrogens (tertiary/aromatic N) is 3. The largest absolute Gasteiger partial charge is 0.480 e. The van der Waals surface area contributed by atoms with Gasteiger partial charge in [0.05, 0.1) is 0 Å². The average molecular weight is 594 g/mol. The molecule has 1 aromatic heterocycles. The first-order valence-electron chi connectivity index (χ1n) is 10.5. The molecule has 5 heteroatoms. The van der Waals surface area contributed by atoms with Crippen molar-refractivity contribution < 1.29 is 20.1 Å². The average Bonchev–Trinajstić information content (AvgIpc) is 3.36. The third kappa shape index (κ3) is 5.62. The van der Waals surface area contributed by atoms with Gasteiger partial charge < -0.3 is 14.8 Å². The number of aliphatic imine (C=N–C) groups is 1. The Kier molecular flexibility index (Phi) is 8.55. The summed E-state index contributed by atoms with van der Waals surface area (Å²) in [6, 6.07) is 23.4. The molecule has 0 spiro atoms. The molecule has 0 atom stereocenters. The van der Waals surface area contributed by atoms with Crippen molar-refractivity contribution in [2.45, 2.75) is 20.3 Å². The van der Waals surface area contributed by atoms with Crippen molar-refractivity contribution in [1.29, 1.82) is 0 Å². The van der Waals surface area contributed by atoms with Crippen LogP contribution >= 0.6 is 0 Å². The third-order valence-corrected chi connectivity index (χ3v) is 5.28. The molecule has 161 valence electrons. The Morgan fingerprint density at radius 2 is 1.78 bits per heavy atom. The second-order valence-corrected chi connectivity index (χ2v) is 7.43. The normalized spacial score (nSPS) is 13.9. The first-order valence-corrected chi connectivity index (χ1v) is 10.5. The number of anilines is 1. The standard InChI is InChI=1S/C17H16BN2.C10H8N.Ir/c1-14-8-7-9-15(2)17(14)18-11-4-6-13-20(18)16-10-3-5-12-19-16;1-2-5-9(6-3-1)10-7-4-8-11-10;/h3-12H,1-2H3;1-5,8H,7H2;/q2*-1;. The van der Waals surface area contributed by atoms with E-state index < -0.39 is 0 Å². The van der Waals surface area contributed by atoms with Crippen LogP contribution < -0.4 is 10.3 Å². The van der Waals surface area contributed by atoms with Crippen LogP contribution in [-0.4, -0.2) is 17.5 Å². The van der Waals surface area contributed by atoms with E-state index in [1.807, 2.05) is 60.9 Å². The molecule has 2 aliphatic heterocycles. The maximum Gasteiger partial charge on any atom is 0.285 e. The maximum atomic E-state index is 4.45. The summed E-state index contributed by atoms with van der Waals surface area (Å²) in [5, 5.41) is 0. The van der Waals surface area contributed by atoms with E-state index in [-0.39, 0.29) is 27.0 Å². The minimum atomic E-state index is 0. The van der Waals surface area contributed by atoms with E-state index in [1.165, 1.54) is 16.6 Å². The molecule has 0 N–H and O–H groups in total. The number of pyridine rings is 1. The van der Waals surface area contributed by atoms with Gasteiger partial charge in [-0.3, -0.25) is 0 Å². The van der Waals surface area contributed by atoms with Crippen LogP contribution in [0.25, 0.3) is 0 Å². The van der Waals surface area contributed by atoms with Gasteiger partial charge in [-0.1, -0.05) is 47.5 Å². The molecule has 0 amide bonds. The number of aromatic nitrogens is 1. The fourth-order valence-corrected chi connectivity index (χ4v) is 3.79. The first kappa shape index (κ1) is 23.7. The topological polar surface area (TPSA) is 28.5 Å². The van der Waals surface area contributed by atoms with Crippen molar-refractivity contribution in [2.75, 3.05) is 4.81 Å². The van der Waals surface area contributed by atoms with Crippen LogP contribution in [0.2, 0.25) is 0 Å². The molecule has 2 aromatic carbocycles. The molecule has 0 unspecified atom stereocenters. The molecule has 5 rings (SSSR count). The Morgan fingerprint density at radius 1 is 0.969 bits per heavy atom. The molecule has 3 nitrogen and oxygen atoms in total. The van der Waals surface area contributed by atoms with E-state index in [2.05, 4.69) is 77.2 Å². The summed E-state index contributed by atoms with van der Waals surface area (Å²) in [5.74, 6) is 3.11. The van der Waals surface area contributed by atoms with Crippen LogP contribution in [-0.2, 0) is 20.1 Å². The third-order valence-electron chi connectivity index (χ3n) is 5.28. The molecule has 0 bridgehead atoms. The van der Waals surface area contributed by atoms with Gasteiger partial charge in [-0.05, 0) is 37.5 Å². The van der Waals surface area contributed by atoms with Crippen LogP contribution in [0.5, 0.6) is 0 Å². The van der Waals surface area contributed by atoms with Crippen LogP contribution in [0.1, 0.15) is 23.1 Å². The van der Waals surface area contributed by atoms with E-state index in [1.54, 1.807) is 0 Å². The summed E-state index contributed by atoms with van der Waals surface area (Å²) in [5.41, 5.74) is 6.15. The van der Waals surface area contributed by atoms with E-state index in [0.29, 0.717) is 0 Å². The first-order chi connectivity index (χ1) is 15.2. The van der Waals surface area contributed by atoms with Gasteiger partial charge in [0.2, 0.25) is 0 Å². The quantitative estimate of drug-likeness (QED) is 0.315. The predicted molar refractivity (Wildman–Crippen MR) is 131 cm³/mol. The molecule has 0 saturated heterocycles. The van der Waals surface area contributed by atoms with Gasteiger partial charge in [0.15, 0.2) is 0 Å². The van der Waals surface area contributed by atoms with Gasteiger partial charge >= 0.3 is 0 Å². The van der Waals surface area contributed by atoms with Gasteiger partial charge in [0.25, 0.3) is 6.85 Å². The molecule has 3 heterocycles. The van der Waals surface area contributed by atoms with Crippen molar-refractivity contribution in [3.05, 3.63) is 126 Å². The SMILES string of the molecule is Cc1cccc(C)c1B1C=CC=[C-]N1c1ccccn1.[Ir].[c-]1ccccc1C1=NC=CC1. The zero-order valence-corrected chi connectivity index (χ0v) is 20.6. The zero-order chi connectivity index (χ0) is 21.5. The number of benzene rings is 2. The summed E-state index contributed by atoms with van der Waals surface area (Å²) >= 11 is 0. The van der Waals surface area contributed by atoms with Crippen LogP contribution in [0, 0.1) is 26.1 Å². The van der Waals surface area contributed by atoms with Crippen molar-refractivity contribution >= 4 is 23.8 Å². The Labute approximate surface area is 204 Å². The number of hydrogen-bond acceptors (Lipinski definition) is 3. The van der Waals surface area contributed by atoms with Gasteiger partial charge in [0, 0.05) is 38.3 Å². The molecular weight excluding hydrogens is 569 g/mol. The number of aryl methyl sites for hydroxylation is 2. The summed E-state index contributed by atoms with van der Waals surface area (Å²) < 4.78 is 0. The van der Waals surface area contributed by atoms with Crippen molar-refractivity contribution in [3.8, 4) is 0 Å². The summed E-state index contributed by atoms with van der Waals surface area (Å²) in [6.07, 6.45) is 13.9. The monoisotopic (exact) mass is 594 g/mol. The van der Waals surface area contributed by atoms with E-state index in [4.69, 9.17) is 0 Å². The Balaban J connectivity index is 0.000000204. The van der Waals surface area contributed by atoms with Crippen LogP contribution in [0.4, 0.5) is 5.82 Å². The fourth-order valence-electron chi connectivity index (χ4n) is 3.79. The minimum absolute atomic E-state index is 0. The minimum Gasteiger partial charge on any atom is -0.480 e. The van der Waals surface area contributed by atoms with Crippen LogP contribution in [0.15, 0.2) is 102 Å². The van der Waals surface area contributed by atoms with E-state index >= 15 is 0 Å². The Morgan fingerprint density at radius 3 is 2.44 bits per heavy atom. The summed E-state index contributed by atoms with van der Waals surface area (Å²) in [7, 11) is 0. The number of rotatable bonds is 3. The fraction of sp³-hybridized carbons (Fsp3) is 0.111. The summed E-state index contributed by atoms with van der Waals surface area (Å²) in [4.78, 5) is 10.8. The van der Waals surface area contributed by atoms with Crippen molar-refractivity contribution in [3.63, 3.8) is 0 Å². The Bertz CT molecular complexity index is 1120. The Hall–Kier alpha value is -3.01. The number of allylic oxidation sites excluding steroid dienone is 3. The van der Waals surface area contributed by atoms with Crippen molar-refractivity contribution in [1.82, 2.24) is 4.98 Å². The van der Waals surface area contributed by atoms with Gasteiger partial charge in [-0.25, -0.2) is 0 Å².